The molecule has 1 aromatic heterocycles. The van der Waals surface area contributed by atoms with Crippen molar-refractivity contribution in [3.8, 4) is 0 Å². The summed E-state index contributed by atoms with van der Waals surface area (Å²) in [5.74, 6) is 0.999. The van der Waals surface area contributed by atoms with Gasteiger partial charge in [-0.1, -0.05) is 29.9 Å². The summed E-state index contributed by atoms with van der Waals surface area (Å²) in [6, 6.07) is 8.34. The largest absolute Gasteiger partial charge is 0.332 e. The van der Waals surface area contributed by atoms with Gasteiger partial charge in [0.15, 0.2) is 5.13 Å². The van der Waals surface area contributed by atoms with Gasteiger partial charge in [0.2, 0.25) is 5.91 Å². The van der Waals surface area contributed by atoms with Crippen LogP contribution < -0.4 is 16.0 Å². The van der Waals surface area contributed by atoms with Crippen molar-refractivity contribution in [2.24, 2.45) is 0 Å². The van der Waals surface area contributed by atoms with Crippen LogP contribution in [0.1, 0.15) is 25.7 Å². The topological polar surface area (TPSA) is 83.1 Å². The number of nitrogens with one attached hydrogen (secondary N) is 3. The Morgan fingerprint density at radius 1 is 1.28 bits per heavy atom. The second-order valence-corrected chi connectivity index (χ2v) is 8.71. The number of benzene rings is 1. The number of urea groups is 1. The Hall–Kier alpha value is -1.80. The van der Waals surface area contributed by atoms with Crippen LogP contribution in [0.25, 0.3) is 10.2 Å². The van der Waals surface area contributed by atoms with E-state index in [9.17, 15) is 9.59 Å². The minimum atomic E-state index is -0.0458. The van der Waals surface area contributed by atoms with E-state index in [1.54, 1.807) is 0 Å². The molecular weight excluding hydrogens is 356 g/mol. The number of hydrogen-bond donors (Lipinski definition) is 3. The molecule has 2 fully saturated rings. The Kier molecular flexibility index (Phi) is 4.80. The Bertz CT molecular complexity index is 761. The molecule has 132 valence electrons. The minimum absolute atomic E-state index is 0.0202. The van der Waals surface area contributed by atoms with Gasteiger partial charge in [-0.3, -0.25) is 4.79 Å². The van der Waals surface area contributed by atoms with E-state index < -0.39 is 0 Å². The summed E-state index contributed by atoms with van der Waals surface area (Å²) in [5, 5.41) is 9.98. The number of thiazole rings is 1. The lowest BCUT2D eigenvalue weighted by Gasteiger charge is -2.16. The molecule has 3 heterocycles. The molecule has 0 spiro atoms. The third-order valence-corrected chi connectivity index (χ3v) is 7.08. The number of aromatic nitrogens is 1. The highest BCUT2D eigenvalue weighted by Crippen LogP contribution is 2.33. The van der Waals surface area contributed by atoms with E-state index in [1.165, 1.54) is 11.3 Å². The zero-order valence-corrected chi connectivity index (χ0v) is 15.3. The lowest BCUT2D eigenvalue weighted by atomic mass is 10.0. The van der Waals surface area contributed by atoms with Gasteiger partial charge < -0.3 is 16.0 Å². The van der Waals surface area contributed by atoms with Crippen molar-refractivity contribution < 1.29 is 9.59 Å². The van der Waals surface area contributed by atoms with Gasteiger partial charge in [0.1, 0.15) is 0 Å². The van der Waals surface area contributed by atoms with Gasteiger partial charge in [-0.2, -0.15) is 11.8 Å². The predicted molar refractivity (Wildman–Crippen MR) is 102 cm³/mol. The van der Waals surface area contributed by atoms with E-state index in [0.29, 0.717) is 16.8 Å². The number of hydrogen-bond acceptors (Lipinski definition) is 5. The van der Waals surface area contributed by atoms with Crippen LogP contribution in [0.2, 0.25) is 0 Å². The number of unbranched alkanes of at least 4 members (excludes halogenated alkanes) is 1. The maximum absolute atomic E-state index is 12.1. The summed E-state index contributed by atoms with van der Waals surface area (Å²) >= 11 is 3.42. The fraction of sp³-hybridized carbons (Fsp3) is 0.471. The molecule has 3 amide bonds. The SMILES string of the molecule is O=C(CCCCC1SCC2NC(=O)NC21)Nc1nc2ccccc2s1. The maximum atomic E-state index is 12.1. The molecular formula is C17H20N4O2S2. The first-order valence-corrected chi connectivity index (χ1v) is 10.4. The van der Waals surface area contributed by atoms with Gasteiger partial charge in [-0.25, -0.2) is 9.78 Å². The zero-order chi connectivity index (χ0) is 17.2. The lowest BCUT2D eigenvalue weighted by molar-refractivity contribution is -0.116. The molecule has 3 atom stereocenters. The summed E-state index contributed by atoms with van der Waals surface area (Å²) in [6.07, 6.45) is 3.38. The molecule has 0 saturated carbocycles. The van der Waals surface area contributed by atoms with Gasteiger partial charge >= 0.3 is 6.03 Å². The number of anilines is 1. The van der Waals surface area contributed by atoms with Crippen molar-refractivity contribution >= 4 is 50.4 Å². The molecule has 3 N–H and O–H groups in total. The van der Waals surface area contributed by atoms with E-state index in [4.69, 9.17) is 0 Å². The Morgan fingerprint density at radius 2 is 2.16 bits per heavy atom. The lowest BCUT2D eigenvalue weighted by Crippen LogP contribution is -2.36. The summed E-state index contributed by atoms with van der Waals surface area (Å²) in [5.41, 5.74) is 0.919. The van der Waals surface area contributed by atoms with E-state index in [0.717, 1.165) is 35.2 Å². The standard InChI is InChI=1S/C17H20N4O2S2/c22-14(20-17-19-10-5-1-2-6-12(10)25-17)8-4-3-7-13-15-11(9-24-13)18-16(23)21-15/h1-2,5-6,11,13,15H,3-4,7-9H2,(H2,18,21,23)(H,19,20,22). The predicted octanol–water partition coefficient (Wildman–Crippen LogP) is 2.96. The Balaban J connectivity index is 1.20. The number of rotatable bonds is 6. The van der Waals surface area contributed by atoms with Gasteiger partial charge in [-0.05, 0) is 25.0 Å². The number of fused-ring (bicyclic) bond motifs is 2. The summed E-state index contributed by atoms with van der Waals surface area (Å²) in [7, 11) is 0. The van der Waals surface area contributed by atoms with Crippen LogP contribution in [0, 0.1) is 0 Å². The number of nitrogens with zero attached hydrogens (tertiary/aromatic N) is 1. The molecule has 4 rings (SSSR count). The van der Waals surface area contributed by atoms with Crippen molar-refractivity contribution in [1.29, 1.82) is 0 Å². The molecule has 0 aliphatic carbocycles. The normalized spacial score (nSPS) is 24.8. The molecule has 25 heavy (non-hydrogen) atoms. The van der Waals surface area contributed by atoms with E-state index in [2.05, 4.69) is 20.9 Å². The molecule has 0 radical (unpaired) electrons. The maximum Gasteiger partial charge on any atom is 0.315 e. The van der Waals surface area contributed by atoms with Crippen LogP contribution in [0.15, 0.2) is 24.3 Å². The van der Waals surface area contributed by atoms with Gasteiger partial charge in [0, 0.05) is 17.4 Å². The smallest absolute Gasteiger partial charge is 0.315 e. The third-order valence-electron chi connectivity index (χ3n) is 4.62. The molecule has 1 aromatic carbocycles. The third kappa shape index (κ3) is 3.74. The first kappa shape index (κ1) is 16.7. The van der Waals surface area contributed by atoms with Gasteiger partial charge in [0.05, 0.1) is 22.3 Å². The van der Waals surface area contributed by atoms with E-state index in [1.807, 2.05) is 36.0 Å². The van der Waals surface area contributed by atoms with Gasteiger partial charge in [-0.15, -0.1) is 0 Å². The van der Waals surface area contributed by atoms with Gasteiger partial charge in [0.25, 0.3) is 0 Å². The minimum Gasteiger partial charge on any atom is -0.332 e. The van der Waals surface area contributed by atoms with Crippen LogP contribution in [0.5, 0.6) is 0 Å². The Morgan fingerprint density at radius 3 is 3.04 bits per heavy atom. The highest BCUT2D eigenvalue weighted by Gasteiger charge is 2.42. The molecule has 2 aromatic rings. The molecule has 2 aliphatic rings. The molecule has 6 nitrogen and oxygen atoms in total. The Labute approximate surface area is 154 Å². The van der Waals surface area contributed by atoms with Crippen LogP contribution in [-0.4, -0.2) is 40.0 Å². The number of carbonyl (C=O) groups is 2. The molecule has 2 saturated heterocycles. The van der Waals surface area contributed by atoms with E-state index >= 15 is 0 Å². The fourth-order valence-electron chi connectivity index (χ4n) is 3.38. The molecule has 3 unspecified atom stereocenters. The van der Waals surface area contributed by atoms with Crippen molar-refractivity contribution in [3.05, 3.63) is 24.3 Å². The number of para-hydroxylation sites is 1. The first-order valence-electron chi connectivity index (χ1n) is 8.53. The average molecular weight is 377 g/mol. The molecule has 8 heteroatoms. The number of thioether (sulfide) groups is 1. The fourth-order valence-corrected chi connectivity index (χ4v) is 5.81. The van der Waals surface area contributed by atoms with Crippen molar-refractivity contribution in [2.45, 2.75) is 43.0 Å². The molecule has 2 aliphatic heterocycles. The second-order valence-electron chi connectivity index (χ2n) is 6.40. The average Bonchev–Trinajstić information content (AvgIpc) is 3.25. The highest BCUT2D eigenvalue weighted by molar-refractivity contribution is 8.00. The zero-order valence-electron chi connectivity index (χ0n) is 13.7. The monoisotopic (exact) mass is 376 g/mol. The van der Waals surface area contributed by atoms with Crippen LogP contribution in [0.4, 0.5) is 9.93 Å². The van der Waals surface area contributed by atoms with Crippen LogP contribution in [0.3, 0.4) is 0 Å². The van der Waals surface area contributed by atoms with Crippen LogP contribution in [-0.2, 0) is 4.79 Å². The van der Waals surface area contributed by atoms with E-state index in [-0.39, 0.29) is 24.0 Å². The van der Waals surface area contributed by atoms with Crippen molar-refractivity contribution in [1.82, 2.24) is 15.6 Å². The summed E-state index contributed by atoms with van der Waals surface area (Å²) < 4.78 is 1.08. The van der Waals surface area contributed by atoms with Crippen molar-refractivity contribution in [2.75, 3.05) is 11.1 Å². The number of amides is 3. The summed E-state index contributed by atoms with van der Waals surface area (Å²) in [6.45, 7) is 0. The second kappa shape index (κ2) is 7.21. The van der Waals surface area contributed by atoms with Crippen molar-refractivity contribution in [3.63, 3.8) is 0 Å². The summed E-state index contributed by atoms with van der Waals surface area (Å²) in [4.78, 5) is 27.9. The number of carbonyl (C=O) groups excluding carboxylic acids is 2. The highest BCUT2D eigenvalue weighted by atomic mass is 32.2. The van der Waals surface area contributed by atoms with Crippen LogP contribution >= 0.6 is 23.1 Å². The first-order chi connectivity index (χ1) is 12.2. The quantitative estimate of drug-likeness (QED) is 0.535. The molecule has 0 bridgehead atoms.